The maximum Gasteiger partial charge on any atom is 0.274 e. The van der Waals surface area contributed by atoms with Gasteiger partial charge in [0.05, 0.1) is 22.5 Å². The molecule has 3 fully saturated rings. The van der Waals surface area contributed by atoms with Crippen molar-refractivity contribution >= 4 is 23.2 Å². The third-order valence-corrected chi connectivity index (χ3v) is 9.74. The number of rotatable bonds is 6. The number of nitrogens with one attached hydrogen (secondary N) is 1. The first-order valence-corrected chi connectivity index (χ1v) is 14.4. The van der Waals surface area contributed by atoms with Crippen molar-refractivity contribution in [2.45, 2.75) is 62.9 Å². The highest BCUT2D eigenvalue weighted by molar-refractivity contribution is 7.15. The van der Waals surface area contributed by atoms with E-state index in [1.807, 2.05) is 36.4 Å². The summed E-state index contributed by atoms with van der Waals surface area (Å²) in [6, 6.07) is 16.1. The zero-order valence-corrected chi connectivity index (χ0v) is 21.6. The lowest BCUT2D eigenvalue weighted by Crippen LogP contribution is -2.46. The van der Waals surface area contributed by atoms with E-state index in [4.69, 9.17) is 9.72 Å². The number of benzene rings is 2. The molecule has 0 radical (unpaired) electrons. The molecule has 2 aliphatic carbocycles. The van der Waals surface area contributed by atoms with E-state index in [1.165, 1.54) is 0 Å². The SMILES string of the molecule is O=C(NC[C@@H]1C[C@@H]2CCC[C@@H]2N1C(=O)c1nc(C2CC2)sc1-c1ccccc1)c1cccc2c1CCO2. The minimum atomic E-state index is -0.0820. The van der Waals surface area contributed by atoms with Crippen LogP contribution in [0.25, 0.3) is 10.4 Å². The van der Waals surface area contributed by atoms with Crippen LogP contribution in [0.15, 0.2) is 48.5 Å². The molecule has 0 spiro atoms. The summed E-state index contributed by atoms with van der Waals surface area (Å²) >= 11 is 1.68. The van der Waals surface area contributed by atoms with Gasteiger partial charge in [-0.15, -0.1) is 11.3 Å². The molecule has 7 rings (SSSR count). The van der Waals surface area contributed by atoms with Crippen molar-refractivity contribution in [2.24, 2.45) is 5.92 Å². The molecule has 2 saturated carbocycles. The van der Waals surface area contributed by atoms with Gasteiger partial charge in [0.15, 0.2) is 0 Å². The largest absolute Gasteiger partial charge is 0.493 e. The van der Waals surface area contributed by atoms with E-state index < -0.39 is 0 Å². The molecule has 2 aliphatic heterocycles. The Morgan fingerprint density at radius 3 is 2.76 bits per heavy atom. The predicted octanol–water partition coefficient (Wildman–Crippen LogP) is 5.44. The molecule has 2 amide bonds. The zero-order valence-electron chi connectivity index (χ0n) is 20.8. The summed E-state index contributed by atoms with van der Waals surface area (Å²) in [5, 5.41) is 4.26. The second-order valence-corrected chi connectivity index (χ2v) is 11.9. The summed E-state index contributed by atoms with van der Waals surface area (Å²) in [4.78, 5) is 35.5. The van der Waals surface area contributed by atoms with Crippen LogP contribution in [0, 0.1) is 5.92 Å². The molecule has 1 aromatic heterocycles. The van der Waals surface area contributed by atoms with Crippen LogP contribution in [0.5, 0.6) is 5.75 Å². The molecule has 1 N–H and O–H groups in total. The van der Waals surface area contributed by atoms with Crippen LogP contribution in [-0.2, 0) is 6.42 Å². The maximum absolute atomic E-state index is 14.3. The van der Waals surface area contributed by atoms with Gasteiger partial charge in [0.1, 0.15) is 11.4 Å². The molecule has 3 atom stereocenters. The van der Waals surface area contributed by atoms with Gasteiger partial charge in [-0.1, -0.05) is 42.8 Å². The van der Waals surface area contributed by atoms with Gasteiger partial charge in [0.2, 0.25) is 0 Å². The van der Waals surface area contributed by atoms with Crippen LogP contribution in [0.2, 0.25) is 0 Å². The minimum absolute atomic E-state index is 0.0190. The number of amides is 2. The lowest BCUT2D eigenvalue weighted by molar-refractivity contribution is 0.0645. The number of ether oxygens (including phenoxy) is 1. The highest BCUT2D eigenvalue weighted by atomic mass is 32.1. The van der Waals surface area contributed by atoms with Crippen LogP contribution in [0.1, 0.15) is 75.9 Å². The number of fused-ring (bicyclic) bond motifs is 2. The fourth-order valence-corrected chi connectivity index (χ4v) is 7.76. The lowest BCUT2D eigenvalue weighted by Gasteiger charge is -2.30. The Hall–Kier alpha value is -3.19. The number of hydrogen-bond donors (Lipinski definition) is 1. The van der Waals surface area contributed by atoms with Gasteiger partial charge in [-0.25, -0.2) is 4.98 Å². The molecular formula is C30H31N3O3S. The number of hydrogen-bond acceptors (Lipinski definition) is 5. The Bertz CT molecular complexity index is 1350. The van der Waals surface area contributed by atoms with Crippen molar-refractivity contribution in [3.8, 4) is 16.2 Å². The molecule has 3 heterocycles. The number of thiazole rings is 1. The normalized spacial score (nSPS) is 24.0. The summed E-state index contributed by atoms with van der Waals surface area (Å²) in [7, 11) is 0. The van der Waals surface area contributed by atoms with Crippen LogP contribution in [-0.4, -0.2) is 46.9 Å². The smallest absolute Gasteiger partial charge is 0.274 e. The molecule has 190 valence electrons. The van der Waals surface area contributed by atoms with Gasteiger partial charge >= 0.3 is 0 Å². The Balaban J connectivity index is 1.16. The molecule has 7 heteroatoms. The van der Waals surface area contributed by atoms with Gasteiger partial charge in [-0.2, -0.15) is 0 Å². The van der Waals surface area contributed by atoms with E-state index in [1.54, 1.807) is 11.3 Å². The Labute approximate surface area is 221 Å². The highest BCUT2D eigenvalue weighted by Gasteiger charge is 2.47. The first-order valence-electron chi connectivity index (χ1n) is 13.6. The molecular weight excluding hydrogens is 482 g/mol. The molecule has 4 aliphatic rings. The van der Waals surface area contributed by atoms with Gasteiger partial charge < -0.3 is 15.0 Å². The second-order valence-electron chi connectivity index (χ2n) is 10.8. The van der Waals surface area contributed by atoms with Crippen LogP contribution in [0.4, 0.5) is 0 Å². The standard InChI is InChI=1S/C30H31N3O3S/c34-28(23-9-5-11-25-22(23)14-15-36-25)31-17-21-16-20-8-4-10-24(20)33(21)30(35)26-27(18-6-2-1-3-7-18)37-29(32-26)19-12-13-19/h1-3,5-7,9,11,19-21,24H,4,8,10,12-17H2,(H,31,34)/t20-,21-,24-/m0/s1. The minimum Gasteiger partial charge on any atom is -0.493 e. The van der Waals surface area contributed by atoms with Crippen molar-refractivity contribution < 1.29 is 14.3 Å². The second kappa shape index (κ2) is 9.28. The Morgan fingerprint density at radius 2 is 1.92 bits per heavy atom. The monoisotopic (exact) mass is 513 g/mol. The number of nitrogens with zero attached hydrogens (tertiary/aromatic N) is 2. The zero-order chi connectivity index (χ0) is 24.9. The van der Waals surface area contributed by atoms with Crippen molar-refractivity contribution in [2.75, 3.05) is 13.2 Å². The third kappa shape index (κ3) is 4.13. The van der Waals surface area contributed by atoms with Gasteiger partial charge in [0.25, 0.3) is 11.8 Å². The summed E-state index contributed by atoms with van der Waals surface area (Å²) in [5.41, 5.74) is 3.33. The number of carbonyl (C=O) groups is 2. The predicted molar refractivity (Wildman–Crippen MR) is 143 cm³/mol. The van der Waals surface area contributed by atoms with E-state index in [9.17, 15) is 9.59 Å². The first-order chi connectivity index (χ1) is 18.2. The van der Waals surface area contributed by atoms with Gasteiger partial charge in [-0.3, -0.25) is 9.59 Å². The average molecular weight is 514 g/mol. The van der Waals surface area contributed by atoms with E-state index in [0.717, 1.165) is 71.7 Å². The van der Waals surface area contributed by atoms with Crippen molar-refractivity contribution in [1.29, 1.82) is 0 Å². The van der Waals surface area contributed by atoms with Crippen molar-refractivity contribution in [3.63, 3.8) is 0 Å². The van der Waals surface area contributed by atoms with Gasteiger partial charge in [-0.05, 0) is 55.7 Å². The molecule has 0 unspecified atom stereocenters. The molecule has 1 saturated heterocycles. The molecule has 3 aromatic rings. The van der Waals surface area contributed by atoms with Crippen LogP contribution < -0.4 is 10.1 Å². The number of likely N-dealkylation sites (tertiary alicyclic amines) is 1. The van der Waals surface area contributed by atoms with Crippen LogP contribution >= 0.6 is 11.3 Å². The van der Waals surface area contributed by atoms with E-state index in [2.05, 4.69) is 22.3 Å². The van der Waals surface area contributed by atoms with E-state index >= 15 is 0 Å². The average Bonchev–Trinajstić information content (AvgIpc) is 3.29. The quantitative estimate of drug-likeness (QED) is 0.477. The van der Waals surface area contributed by atoms with E-state index in [-0.39, 0.29) is 23.9 Å². The fourth-order valence-electron chi connectivity index (χ4n) is 6.52. The van der Waals surface area contributed by atoms with Crippen LogP contribution in [0.3, 0.4) is 0 Å². The van der Waals surface area contributed by atoms with Crippen molar-refractivity contribution in [1.82, 2.24) is 15.2 Å². The molecule has 0 bridgehead atoms. The summed E-state index contributed by atoms with van der Waals surface area (Å²) in [5.74, 6) is 1.76. The molecule has 6 nitrogen and oxygen atoms in total. The summed E-state index contributed by atoms with van der Waals surface area (Å²) in [6.45, 7) is 1.08. The fraction of sp³-hybridized carbons (Fsp3) is 0.433. The first kappa shape index (κ1) is 23.0. The summed E-state index contributed by atoms with van der Waals surface area (Å²) in [6.07, 6.45) is 7.35. The third-order valence-electron chi connectivity index (χ3n) is 8.47. The number of carbonyl (C=O) groups excluding carboxylic acids is 2. The Morgan fingerprint density at radius 1 is 1.05 bits per heavy atom. The number of aromatic nitrogens is 1. The maximum atomic E-state index is 14.3. The van der Waals surface area contributed by atoms with Crippen molar-refractivity contribution in [3.05, 3.63) is 70.4 Å². The van der Waals surface area contributed by atoms with E-state index in [0.29, 0.717) is 36.2 Å². The summed E-state index contributed by atoms with van der Waals surface area (Å²) < 4.78 is 5.65. The topological polar surface area (TPSA) is 71.5 Å². The molecule has 37 heavy (non-hydrogen) atoms. The molecule has 2 aromatic carbocycles. The highest BCUT2D eigenvalue weighted by Crippen LogP contribution is 2.47. The lowest BCUT2D eigenvalue weighted by atomic mass is 10.0. The van der Waals surface area contributed by atoms with Gasteiger partial charge in [0, 0.05) is 36.1 Å². The Kier molecular flexibility index (Phi) is 5.76.